The molecule has 0 saturated carbocycles. The maximum atomic E-state index is 11.2. The first-order valence-corrected chi connectivity index (χ1v) is 11.8. The van der Waals surface area contributed by atoms with Gasteiger partial charge in [-0.3, -0.25) is 4.57 Å². The molecule has 0 aliphatic carbocycles. The molecular weight excluding hydrogens is 440 g/mol. The summed E-state index contributed by atoms with van der Waals surface area (Å²) in [5, 5.41) is 20.7. The third kappa shape index (κ3) is 3.66. The molecule has 6 atom stereocenters. The third-order valence-corrected chi connectivity index (χ3v) is 7.34. The zero-order valence-electron chi connectivity index (χ0n) is 18.2. The summed E-state index contributed by atoms with van der Waals surface area (Å²) in [6.45, 7) is 4.35. The van der Waals surface area contributed by atoms with Crippen LogP contribution in [0.4, 0.5) is 0 Å². The van der Waals surface area contributed by atoms with E-state index in [1.54, 1.807) is 17.7 Å². The van der Waals surface area contributed by atoms with Crippen LogP contribution in [0.2, 0.25) is 0 Å². The minimum absolute atomic E-state index is 0.180. The van der Waals surface area contributed by atoms with Crippen molar-refractivity contribution in [2.75, 3.05) is 6.61 Å². The van der Waals surface area contributed by atoms with Gasteiger partial charge in [-0.15, -0.1) is 21.5 Å². The number of thiazole rings is 1. The van der Waals surface area contributed by atoms with Gasteiger partial charge in [0.25, 0.3) is 0 Å². The monoisotopic (exact) mass is 464 g/mol. The summed E-state index contributed by atoms with van der Waals surface area (Å²) in [5.41, 5.74) is 2.82. The smallest absolute Gasteiger partial charge is 0.184 e. The summed E-state index contributed by atoms with van der Waals surface area (Å²) < 4.78 is 21.5. The second-order valence-electron chi connectivity index (χ2n) is 8.57. The Bertz CT molecular complexity index is 1270. The van der Waals surface area contributed by atoms with E-state index < -0.39 is 18.5 Å². The van der Waals surface area contributed by atoms with Crippen molar-refractivity contribution in [2.45, 2.75) is 44.6 Å². The number of benzene rings is 2. The predicted molar refractivity (Wildman–Crippen MR) is 122 cm³/mol. The molecule has 2 fully saturated rings. The number of aliphatic hydroxyl groups is 1. The van der Waals surface area contributed by atoms with Gasteiger partial charge in [0.2, 0.25) is 0 Å². The Morgan fingerprint density at radius 1 is 1.12 bits per heavy atom. The number of aromatic nitrogens is 4. The summed E-state index contributed by atoms with van der Waals surface area (Å²) in [6, 6.07) is 15.8. The SMILES string of the molecule is Cc1nc2ccc(-n3cnnc3[C@@H]3OC4COC(c5ccccc5)O[C@@H]4C(C)C3O)cc2s1. The minimum Gasteiger partial charge on any atom is -0.390 e. The fourth-order valence-electron chi connectivity index (χ4n) is 4.68. The quantitative estimate of drug-likeness (QED) is 0.494. The zero-order valence-corrected chi connectivity index (χ0v) is 19.1. The average molecular weight is 465 g/mol. The Morgan fingerprint density at radius 2 is 1.97 bits per heavy atom. The number of nitrogens with zero attached hydrogens (tertiary/aromatic N) is 4. The molecule has 170 valence electrons. The van der Waals surface area contributed by atoms with Gasteiger partial charge in [0.05, 0.1) is 34.0 Å². The van der Waals surface area contributed by atoms with Gasteiger partial charge >= 0.3 is 0 Å². The van der Waals surface area contributed by atoms with Gasteiger partial charge in [0.15, 0.2) is 12.1 Å². The lowest BCUT2D eigenvalue weighted by molar-refractivity contribution is -0.319. The standard InChI is InChI=1S/C24H24N4O4S/c1-13-20(29)22(31-18-11-30-24(32-21(13)18)15-6-4-3-5-7-15)23-27-25-12-28(23)16-8-9-17-19(10-16)33-14(2)26-17/h3-10,12-13,18,20-22,24,29H,11H2,1-2H3/t13?,18?,20?,21-,22-,24?/m1/s1. The lowest BCUT2D eigenvalue weighted by atomic mass is 9.86. The molecule has 4 heterocycles. The van der Waals surface area contributed by atoms with Crippen molar-refractivity contribution in [3.8, 4) is 5.69 Å². The number of rotatable bonds is 3. The van der Waals surface area contributed by atoms with Gasteiger partial charge in [0.1, 0.15) is 18.5 Å². The van der Waals surface area contributed by atoms with Crippen LogP contribution in [-0.2, 0) is 14.2 Å². The molecule has 4 aromatic rings. The molecule has 2 aromatic carbocycles. The molecular formula is C24H24N4O4S. The van der Waals surface area contributed by atoms with Crippen molar-refractivity contribution in [1.82, 2.24) is 19.7 Å². The van der Waals surface area contributed by atoms with Crippen LogP contribution in [-0.4, -0.2) is 49.8 Å². The normalized spacial score (nSPS) is 29.8. The number of hydrogen-bond acceptors (Lipinski definition) is 8. The number of fused-ring (bicyclic) bond motifs is 2. The van der Waals surface area contributed by atoms with Crippen molar-refractivity contribution in [1.29, 1.82) is 0 Å². The van der Waals surface area contributed by atoms with Gasteiger partial charge in [0, 0.05) is 17.2 Å². The van der Waals surface area contributed by atoms with Crippen molar-refractivity contribution < 1.29 is 19.3 Å². The van der Waals surface area contributed by atoms with E-state index >= 15 is 0 Å². The Kier molecular flexibility index (Phi) is 5.23. The first-order valence-electron chi connectivity index (χ1n) is 11.0. The highest BCUT2D eigenvalue weighted by molar-refractivity contribution is 7.18. The van der Waals surface area contributed by atoms with Gasteiger partial charge in [-0.25, -0.2) is 4.98 Å². The molecule has 0 bridgehead atoms. The van der Waals surface area contributed by atoms with Gasteiger partial charge in [-0.2, -0.15) is 0 Å². The average Bonchev–Trinajstić information content (AvgIpc) is 3.47. The van der Waals surface area contributed by atoms with Crippen LogP contribution in [0, 0.1) is 12.8 Å². The van der Waals surface area contributed by atoms with Gasteiger partial charge in [-0.05, 0) is 25.1 Å². The number of ether oxygens (including phenoxy) is 3. The predicted octanol–water partition coefficient (Wildman–Crippen LogP) is 3.74. The molecule has 2 aliphatic rings. The number of aliphatic hydroxyl groups excluding tert-OH is 1. The van der Waals surface area contributed by atoms with E-state index in [2.05, 4.69) is 21.2 Å². The fourth-order valence-corrected chi connectivity index (χ4v) is 5.54. The molecule has 6 rings (SSSR count). The first kappa shape index (κ1) is 20.9. The Hall–Kier alpha value is -2.69. The molecule has 2 aliphatic heterocycles. The van der Waals surface area contributed by atoms with E-state index in [9.17, 15) is 5.11 Å². The topological polar surface area (TPSA) is 91.5 Å². The van der Waals surface area contributed by atoms with E-state index in [4.69, 9.17) is 14.2 Å². The van der Waals surface area contributed by atoms with Crippen LogP contribution in [0.15, 0.2) is 54.9 Å². The number of hydrogen-bond donors (Lipinski definition) is 1. The Balaban J connectivity index is 1.27. The molecule has 33 heavy (non-hydrogen) atoms. The van der Waals surface area contributed by atoms with E-state index in [0.717, 1.165) is 26.5 Å². The highest BCUT2D eigenvalue weighted by atomic mass is 32.1. The highest BCUT2D eigenvalue weighted by Gasteiger charge is 2.49. The fraction of sp³-hybridized carbons (Fsp3) is 0.375. The Morgan fingerprint density at radius 3 is 2.82 bits per heavy atom. The molecule has 0 amide bonds. The van der Waals surface area contributed by atoms with E-state index in [1.165, 1.54) is 0 Å². The molecule has 0 radical (unpaired) electrons. The lowest BCUT2D eigenvalue weighted by Gasteiger charge is -2.47. The summed E-state index contributed by atoms with van der Waals surface area (Å²) >= 11 is 1.64. The molecule has 0 spiro atoms. The molecule has 4 unspecified atom stereocenters. The highest BCUT2D eigenvalue weighted by Crippen LogP contribution is 2.41. The largest absolute Gasteiger partial charge is 0.390 e. The van der Waals surface area contributed by atoms with Gasteiger partial charge < -0.3 is 19.3 Å². The van der Waals surface area contributed by atoms with Crippen LogP contribution < -0.4 is 0 Å². The van der Waals surface area contributed by atoms with Crippen LogP contribution in [0.1, 0.15) is 35.7 Å². The lowest BCUT2D eigenvalue weighted by Crippen LogP contribution is -2.55. The van der Waals surface area contributed by atoms with Crippen molar-refractivity contribution >= 4 is 21.6 Å². The van der Waals surface area contributed by atoms with Crippen LogP contribution in [0.3, 0.4) is 0 Å². The summed E-state index contributed by atoms with van der Waals surface area (Å²) in [6.07, 6.45) is -0.883. The van der Waals surface area contributed by atoms with Crippen molar-refractivity contribution in [3.05, 3.63) is 71.3 Å². The second kappa shape index (κ2) is 8.27. The van der Waals surface area contributed by atoms with Crippen molar-refractivity contribution in [3.63, 3.8) is 0 Å². The Labute approximate surface area is 194 Å². The van der Waals surface area contributed by atoms with Crippen LogP contribution in [0.25, 0.3) is 15.9 Å². The van der Waals surface area contributed by atoms with Crippen LogP contribution in [0.5, 0.6) is 0 Å². The minimum atomic E-state index is -0.807. The molecule has 2 aromatic heterocycles. The van der Waals surface area contributed by atoms with E-state index in [-0.39, 0.29) is 18.1 Å². The molecule has 8 nitrogen and oxygen atoms in total. The summed E-state index contributed by atoms with van der Waals surface area (Å²) in [4.78, 5) is 4.53. The maximum absolute atomic E-state index is 11.2. The van der Waals surface area contributed by atoms with Crippen LogP contribution >= 0.6 is 11.3 Å². The maximum Gasteiger partial charge on any atom is 0.184 e. The van der Waals surface area contributed by atoms with Crippen molar-refractivity contribution in [2.24, 2.45) is 5.92 Å². The zero-order chi connectivity index (χ0) is 22.5. The molecule has 1 N–H and O–H groups in total. The molecule has 9 heteroatoms. The van der Waals surface area contributed by atoms with E-state index in [0.29, 0.717) is 12.4 Å². The number of aryl methyl sites for hydroxylation is 1. The second-order valence-corrected chi connectivity index (χ2v) is 9.80. The van der Waals surface area contributed by atoms with E-state index in [1.807, 2.05) is 60.9 Å². The molecule has 2 saturated heterocycles. The summed E-state index contributed by atoms with van der Waals surface area (Å²) in [5.74, 6) is 0.374. The first-order chi connectivity index (χ1) is 16.1. The third-order valence-electron chi connectivity index (χ3n) is 6.40. The van der Waals surface area contributed by atoms with Gasteiger partial charge in [-0.1, -0.05) is 37.3 Å². The summed E-state index contributed by atoms with van der Waals surface area (Å²) in [7, 11) is 0.